The molecule has 0 aromatic heterocycles. The van der Waals surface area contributed by atoms with Crippen LogP contribution >= 0.6 is 0 Å². The number of nitrogens with zero attached hydrogens (tertiary/aromatic N) is 3. The lowest BCUT2D eigenvalue weighted by molar-refractivity contribution is -0.131. The second-order valence-electron chi connectivity index (χ2n) is 6.26. The van der Waals surface area contributed by atoms with Crippen LogP contribution in [0.15, 0.2) is 18.2 Å². The van der Waals surface area contributed by atoms with Crippen LogP contribution in [0.2, 0.25) is 0 Å². The molecule has 1 saturated heterocycles. The molecule has 0 unspecified atom stereocenters. The van der Waals surface area contributed by atoms with E-state index in [1.807, 2.05) is 4.90 Å². The van der Waals surface area contributed by atoms with Crippen LogP contribution < -0.4 is 9.80 Å². The third kappa shape index (κ3) is 4.18. The molecule has 0 aliphatic carbocycles. The fourth-order valence-corrected chi connectivity index (χ4v) is 3.35. The smallest absolute Gasteiger partial charge is 0.222 e. The van der Waals surface area contributed by atoms with E-state index in [4.69, 9.17) is 0 Å². The van der Waals surface area contributed by atoms with Crippen LogP contribution in [-0.4, -0.2) is 50.1 Å². The summed E-state index contributed by atoms with van der Waals surface area (Å²) < 4.78 is 0. The summed E-state index contributed by atoms with van der Waals surface area (Å²) in [6.07, 6.45) is 1.61. The minimum atomic E-state index is 0.306. The van der Waals surface area contributed by atoms with Crippen molar-refractivity contribution in [2.24, 2.45) is 0 Å². The quantitative estimate of drug-likeness (QED) is 0.805. The van der Waals surface area contributed by atoms with E-state index in [1.165, 1.54) is 16.9 Å². The molecular formula is C19H31N3O. The maximum atomic E-state index is 12.0. The molecular weight excluding hydrogens is 286 g/mol. The number of carbonyl (C=O) groups is 1. The van der Waals surface area contributed by atoms with Crippen LogP contribution in [0.25, 0.3) is 0 Å². The summed E-state index contributed by atoms with van der Waals surface area (Å²) in [5.41, 5.74) is 3.93. The maximum Gasteiger partial charge on any atom is 0.222 e. The van der Waals surface area contributed by atoms with E-state index in [0.717, 1.165) is 45.7 Å². The zero-order valence-corrected chi connectivity index (χ0v) is 15.1. The molecule has 1 fully saturated rings. The zero-order valence-electron chi connectivity index (χ0n) is 15.1. The number of anilines is 2. The average molecular weight is 317 g/mol. The third-order valence-electron chi connectivity index (χ3n) is 4.75. The van der Waals surface area contributed by atoms with Gasteiger partial charge in [-0.3, -0.25) is 4.79 Å². The predicted octanol–water partition coefficient (Wildman–Crippen LogP) is 3.29. The van der Waals surface area contributed by atoms with E-state index in [1.54, 1.807) is 0 Å². The summed E-state index contributed by atoms with van der Waals surface area (Å²) in [5, 5.41) is 0. The minimum Gasteiger partial charge on any atom is -0.372 e. The first-order valence-electron chi connectivity index (χ1n) is 8.99. The summed E-state index contributed by atoms with van der Waals surface area (Å²) in [4.78, 5) is 18.8. The molecule has 1 aromatic rings. The molecule has 1 aromatic carbocycles. The first-order chi connectivity index (χ1) is 11.1. The van der Waals surface area contributed by atoms with E-state index < -0.39 is 0 Å². The van der Waals surface area contributed by atoms with Gasteiger partial charge in [-0.1, -0.05) is 6.92 Å². The number of rotatable bonds is 6. The van der Waals surface area contributed by atoms with Crippen molar-refractivity contribution in [3.63, 3.8) is 0 Å². The van der Waals surface area contributed by atoms with Gasteiger partial charge in [0.25, 0.3) is 0 Å². The van der Waals surface area contributed by atoms with Crippen molar-refractivity contribution in [1.82, 2.24) is 4.90 Å². The molecule has 0 N–H and O–H groups in total. The SMILES string of the molecule is CCCC(=O)N1CCN(c2ccc(N(CC)CC)cc2C)CC1. The molecule has 0 atom stereocenters. The molecule has 1 aliphatic heterocycles. The molecule has 1 heterocycles. The Morgan fingerprint density at radius 3 is 2.26 bits per heavy atom. The number of piperazine rings is 1. The number of benzene rings is 1. The standard InChI is InChI=1S/C19H31N3O/c1-5-8-19(23)22-13-11-21(12-14-22)18-10-9-17(15-16(18)4)20(6-2)7-3/h9-10,15H,5-8,11-14H2,1-4H3. The largest absolute Gasteiger partial charge is 0.372 e. The number of carbonyl (C=O) groups excluding carboxylic acids is 1. The Kier molecular flexibility index (Phi) is 6.31. The Morgan fingerprint density at radius 2 is 1.74 bits per heavy atom. The lowest BCUT2D eigenvalue weighted by atomic mass is 10.1. The van der Waals surface area contributed by atoms with Gasteiger partial charge in [-0.05, 0) is 51.0 Å². The maximum absolute atomic E-state index is 12.0. The van der Waals surface area contributed by atoms with Crippen molar-refractivity contribution in [1.29, 1.82) is 0 Å². The molecule has 2 rings (SSSR count). The Hall–Kier alpha value is -1.71. The van der Waals surface area contributed by atoms with Gasteiger partial charge in [-0.2, -0.15) is 0 Å². The first-order valence-corrected chi connectivity index (χ1v) is 8.99. The van der Waals surface area contributed by atoms with Crippen LogP contribution in [0.4, 0.5) is 11.4 Å². The second-order valence-corrected chi connectivity index (χ2v) is 6.26. The summed E-state index contributed by atoms with van der Waals surface area (Å²) >= 11 is 0. The highest BCUT2D eigenvalue weighted by Gasteiger charge is 2.21. The summed E-state index contributed by atoms with van der Waals surface area (Å²) in [5.74, 6) is 0.306. The molecule has 4 heteroatoms. The van der Waals surface area contributed by atoms with Gasteiger partial charge in [0.1, 0.15) is 0 Å². The third-order valence-corrected chi connectivity index (χ3v) is 4.75. The molecule has 23 heavy (non-hydrogen) atoms. The van der Waals surface area contributed by atoms with Gasteiger partial charge in [-0.15, -0.1) is 0 Å². The van der Waals surface area contributed by atoms with E-state index in [0.29, 0.717) is 12.3 Å². The van der Waals surface area contributed by atoms with Gasteiger partial charge in [0, 0.05) is 57.1 Å². The fraction of sp³-hybridized carbons (Fsp3) is 0.632. The lowest BCUT2D eigenvalue weighted by Gasteiger charge is -2.37. The summed E-state index contributed by atoms with van der Waals surface area (Å²) in [6.45, 7) is 14.3. The number of aryl methyl sites for hydroxylation is 1. The van der Waals surface area contributed by atoms with Gasteiger partial charge in [0.05, 0.1) is 0 Å². The number of hydrogen-bond acceptors (Lipinski definition) is 3. The van der Waals surface area contributed by atoms with Gasteiger partial charge in [-0.25, -0.2) is 0 Å². The Morgan fingerprint density at radius 1 is 1.09 bits per heavy atom. The first kappa shape index (κ1) is 17.6. The van der Waals surface area contributed by atoms with Crippen molar-refractivity contribution in [2.75, 3.05) is 49.1 Å². The zero-order chi connectivity index (χ0) is 16.8. The highest BCUT2D eigenvalue weighted by molar-refractivity contribution is 5.76. The molecule has 0 radical (unpaired) electrons. The van der Waals surface area contributed by atoms with Gasteiger partial charge >= 0.3 is 0 Å². The lowest BCUT2D eigenvalue weighted by Crippen LogP contribution is -2.48. The monoisotopic (exact) mass is 317 g/mol. The van der Waals surface area contributed by atoms with Gasteiger partial charge in [0.2, 0.25) is 5.91 Å². The minimum absolute atomic E-state index is 0.306. The molecule has 0 saturated carbocycles. The summed E-state index contributed by atoms with van der Waals surface area (Å²) in [7, 11) is 0. The van der Waals surface area contributed by atoms with Crippen LogP contribution in [0.3, 0.4) is 0 Å². The van der Waals surface area contributed by atoms with Crippen LogP contribution in [0, 0.1) is 6.92 Å². The molecule has 128 valence electrons. The topological polar surface area (TPSA) is 26.8 Å². The number of amides is 1. The van der Waals surface area contributed by atoms with Crippen molar-refractivity contribution in [3.05, 3.63) is 23.8 Å². The molecule has 4 nitrogen and oxygen atoms in total. The van der Waals surface area contributed by atoms with E-state index in [2.05, 4.69) is 55.7 Å². The molecule has 0 bridgehead atoms. The van der Waals surface area contributed by atoms with Crippen molar-refractivity contribution in [3.8, 4) is 0 Å². The highest BCUT2D eigenvalue weighted by atomic mass is 16.2. The van der Waals surface area contributed by atoms with E-state index in [9.17, 15) is 4.79 Å². The van der Waals surface area contributed by atoms with Crippen molar-refractivity contribution < 1.29 is 4.79 Å². The van der Waals surface area contributed by atoms with Crippen LogP contribution in [-0.2, 0) is 4.79 Å². The van der Waals surface area contributed by atoms with Gasteiger partial charge < -0.3 is 14.7 Å². The molecule has 0 spiro atoms. The van der Waals surface area contributed by atoms with Crippen molar-refractivity contribution >= 4 is 17.3 Å². The van der Waals surface area contributed by atoms with Crippen LogP contribution in [0.1, 0.15) is 39.2 Å². The normalized spacial score (nSPS) is 15.0. The van der Waals surface area contributed by atoms with Crippen LogP contribution in [0.5, 0.6) is 0 Å². The van der Waals surface area contributed by atoms with E-state index in [-0.39, 0.29) is 0 Å². The van der Waals surface area contributed by atoms with Gasteiger partial charge in [0.15, 0.2) is 0 Å². The summed E-state index contributed by atoms with van der Waals surface area (Å²) in [6, 6.07) is 6.76. The fourth-order valence-electron chi connectivity index (χ4n) is 3.35. The Labute approximate surface area is 141 Å². The van der Waals surface area contributed by atoms with E-state index >= 15 is 0 Å². The predicted molar refractivity (Wildman–Crippen MR) is 98.4 cm³/mol. The van der Waals surface area contributed by atoms with Crippen molar-refractivity contribution in [2.45, 2.75) is 40.5 Å². The molecule has 1 aliphatic rings. The Balaban J connectivity index is 2.02. The second kappa shape index (κ2) is 8.23. The number of hydrogen-bond donors (Lipinski definition) is 0. The highest BCUT2D eigenvalue weighted by Crippen LogP contribution is 2.26. The average Bonchev–Trinajstić information content (AvgIpc) is 2.56. The Bertz CT molecular complexity index is 517. The molecule has 1 amide bonds.